The smallest absolute Gasteiger partial charge is 0.295 e. The molecule has 0 radical (unpaired) electrons. The van der Waals surface area contributed by atoms with E-state index in [1.54, 1.807) is 4.68 Å². The summed E-state index contributed by atoms with van der Waals surface area (Å²) in [6, 6.07) is 27.9. The van der Waals surface area contributed by atoms with Crippen molar-refractivity contribution in [2.75, 3.05) is 5.32 Å². The Morgan fingerprint density at radius 1 is 0.848 bits per heavy atom. The van der Waals surface area contributed by atoms with Gasteiger partial charge in [-0.2, -0.15) is 0 Å². The molecule has 1 heterocycles. The normalized spacial score (nSPS) is 11.0. The summed E-state index contributed by atoms with van der Waals surface area (Å²) in [6.45, 7) is 6.16. The van der Waals surface area contributed by atoms with Gasteiger partial charge in [-0.3, -0.25) is 4.79 Å². The van der Waals surface area contributed by atoms with Crippen LogP contribution in [0.5, 0.6) is 0 Å². The fourth-order valence-corrected chi connectivity index (χ4v) is 4.02. The van der Waals surface area contributed by atoms with E-state index in [-0.39, 0.29) is 11.7 Å². The number of rotatable bonds is 4. The van der Waals surface area contributed by atoms with Crippen LogP contribution in [0.4, 0.5) is 5.69 Å². The quantitative estimate of drug-likeness (QED) is 0.364. The van der Waals surface area contributed by atoms with Crippen LogP contribution in [0, 0.1) is 20.8 Å². The van der Waals surface area contributed by atoms with Crippen molar-refractivity contribution in [1.29, 1.82) is 0 Å². The van der Waals surface area contributed by atoms with Gasteiger partial charge in [0.25, 0.3) is 5.91 Å². The minimum atomic E-state index is -0.343. The summed E-state index contributed by atoms with van der Waals surface area (Å²) in [5.41, 5.74) is 5.91. The number of fused-ring (bicyclic) bond motifs is 1. The van der Waals surface area contributed by atoms with Crippen LogP contribution < -0.4 is 5.32 Å². The second kappa shape index (κ2) is 8.36. The maximum Gasteiger partial charge on any atom is 0.295 e. The van der Waals surface area contributed by atoms with E-state index in [1.165, 1.54) is 0 Å². The van der Waals surface area contributed by atoms with Gasteiger partial charge in [-0.15, -0.1) is 5.10 Å². The molecule has 33 heavy (non-hydrogen) atoms. The van der Waals surface area contributed by atoms with Gasteiger partial charge in [-0.1, -0.05) is 72.3 Å². The lowest BCUT2D eigenvalue weighted by Crippen LogP contribution is -2.14. The molecule has 4 aromatic carbocycles. The highest BCUT2D eigenvalue weighted by Gasteiger charge is 2.20. The molecule has 5 rings (SSSR count). The Morgan fingerprint density at radius 3 is 2.45 bits per heavy atom. The number of hydrogen-bond acceptors (Lipinski definition) is 3. The van der Waals surface area contributed by atoms with E-state index in [2.05, 4.69) is 41.4 Å². The average Bonchev–Trinajstić information content (AvgIpc) is 3.27. The van der Waals surface area contributed by atoms with Crippen LogP contribution in [0.3, 0.4) is 0 Å². The van der Waals surface area contributed by atoms with Crippen LogP contribution >= 0.6 is 0 Å². The van der Waals surface area contributed by atoms with Crippen molar-refractivity contribution in [3.05, 3.63) is 107 Å². The number of carbonyl (C=O) groups excluding carboxylic acids is 1. The topological polar surface area (TPSA) is 59.8 Å². The average molecular weight is 433 g/mol. The molecule has 1 amide bonds. The minimum Gasteiger partial charge on any atom is -0.319 e. The van der Waals surface area contributed by atoms with E-state index in [0.717, 1.165) is 44.4 Å². The molecular weight excluding hydrogens is 408 g/mol. The van der Waals surface area contributed by atoms with Crippen LogP contribution in [-0.2, 0) is 0 Å². The van der Waals surface area contributed by atoms with Crippen molar-refractivity contribution in [1.82, 2.24) is 14.8 Å². The molecular formula is C28H24N4O. The number of nitrogens with one attached hydrogen (secondary N) is 1. The van der Waals surface area contributed by atoms with Crippen LogP contribution in [0.15, 0.2) is 84.9 Å². The van der Waals surface area contributed by atoms with Gasteiger partial charge in [0.1, 0.15) is 0 Å². The third-order valence-corrected chi connectivity index (χ3v) is 5.93. The number of nitrogens with zero attached hydrogens (tertiary/aromatic N) is 3. The van der Waals surface area contributed by atoms with Gasteiger partial charge in [-0.05, 0) is 55.5 Å². The van der Waals surface area contributed by atoms with Crippen molar-refractivity contribution in [2.45, 2.75) is 20.8 Å². The highest BCUT2D eigenvalue weighted by Crippen LogP contribution is 2.27. The zero-order chi connectivity index (χ0) is 22.9. The molecule has 5 nitrogen and oxygen atoms in total. The van der Waals surface area contributed by atoms with E-state index in [0.29, 0.717) is 5.82 Å². The number of amides is 1. The van der Waals surface area contributed by atoms with Gasteiger partial charge in [0.2, 0.25) is 5.82 Å². The zero-order valence-electron chi connectivity index (χ0n) is 18.8. The molecule has 1 aromatic heterocycles. The van der Waals surface area contributed by atoms with E-state index in [4.69, 9.17) is 0 Å². The first-order chi connectivity index (χ1) is 16.0. The lowest BCUT2D eigenvalue weighted by molar-refractivity contribution is 0.101. The first-order valence-electron chi connectivity index (χ1n) is 10.9. The summed E-state index contributed by atoms with van der Waals surface area (Å²) >= 11 is 0. The fraction of sp³-hybridized carbons (Fsp3) is 0.107. The first kappa shape index (κ1) is 20.6. The molecule has 5 aromatic rings. The summed E-state index contributed by atoms with van der Waals surface area (Å²) in [5.74, 6) is 0.417. The predicted octanol–water partition coefficient (Wildman–Crippen LogP) is 6.27. The van der Waals surface area contributed by atoms with Crippen LogP contribution in [0.1, 0.15) is 27.3 Å². The Kier molecular flexibility index (Phi) is 5.23. The van der Waals surface area contributed by atoms with Crippen molar-refractivity contribution >= 4 is 22.4 Å². The van der Waals surface area contributed by atoms with Crippen LogP contribution in [0.2, 0.25) is 0 Å². The van der Waals surface area contributed by atoms with Crippen LogP contribution in [-0.4, -0.2) is 20.7 Å². The summed E-state index contributed by atoms with van der Waals surface area (Å²) in [7, 11) is 0. The summed E-state index contributed by atoms with van der Waals surface area (Å²) in [6.07, 6.45) is 0. The molecule has 0 aliphatic heterocycles. The molecule has 0 spiro atoms. The highest BCUT2D eigenvalue weighted by molar-refractivity contribution is 6.07. The second-order valence-electron chi connectivity index (χ2n) is 8.24. The third-order valence-electron chi connectivity index (χ3n) is 5.93. The van der Waals surface area contributed by atoms with E-state index >= 15 is 0 Å². The maximum atomic E-state index is 13.3. The zero-order valence-corrected chi connectivity index (χ0v) is 18.8. The van der Waals surface area contributed by atoms with Gasteiger partial charge in [0, 0.05) is 16.6 Å². The van der Waals surface area contributed by atoms with Gasteiger partial charge >= 0.3 is 0 Å². The lowest BCUT2D eigenvalue weighted by atomic mass is 10.1. The molecule has 5 heteroatoms. The molecule has 0 aliphatic rings. The molecule has 0 saturated heterocycles. The molecule has 162 valence electrons. The van der Waals surface area contributed by atoms with Gasteiger partial charge in [0.05, 0.1) is 5.69 Å². The van der Waals surface area contributed by atoms with E-state index < -0.39 is 0 Å². The molecule has 0 atom stereocenters. The van der Waals surface area contributed by atoms with Gasteiger partial charge in [0.15, 0.2) is 5.82 Å². The maximum absolute atomic E-state index is 13.3. The fourth-order valence-electron chi connectivity index (χ4n) is 4.02. The van der Waals surface area contributed by atoms with E-state index in [9.17, 15) is 4.79 Å². The Labute approximate surface area is 192 Å². The van der Waals surface area contributed by atoms with Crippen molar-refractivity contribution in [3.8, 4) is 17.1 Å². The third kappa shape index (κ3) is 3.89. The summed E-state index contributed by atoms with van der Waals surface area (Å²) in [4.78, 5) is 17.9. The number of benzene rings is 4. The lowest BCUT2D eigenvalue weighted by Gasteiger charge is -2.11. The molecule has 0 saturated carbocycles. The Balaban J connectivity index is 1.61. The Hall–Kier alpha value is -4.25. The SMILES string of the molecule is Cc1cccc(-c2nc(C(=O)Nc3cccc4ccccc34)nn2-c2cccc(C)c2C)c1. The molecule has 0 bridgehead atoms. The molecule has 0 fully saturated rings. The Bertz CT molecular complexity index is 1490. The van der Waals surface area contributed by atoms with Crippen molar-refractivity contribution < 1.29 is 4.79 Å². The molecule has 0 unspecified atom stereocenters. The second-order valence-corrected chi connectivity index (χ2v) is 8.24. The molecule has 1 N–H and O–H groups in total. The largest absolute Gasteiger partial charge is 0.319 e. The number of anilines is 1. The predicted molar refractivity (Wildman–Crippen MR) is 133 cm³/mol. The van der Waals surface area contributed by atoms with Gasteiger partial charge < -0.3 is 5.32 Å². The highest BCUT2D eigenvalue weighted by atomic mass is 16.2. The number of hydrogen-bond donors (Lipinski definition) is 1. The van der Waals surface area contributed by atoms with Gasteiger partial charge in [-0.25, -0.2) is 9.67 Å². The minimum absolute atomic E-state index is 0.125. The number of carbonyl (C=O) groups is 1. The molecule has 0 aliphatic carbocycles. The summed E-state index contributed by atoms with van der Waals surface area (Å²) in [5, 5.41) is 9.70. The summed E-state index contributed by atoms with van der Waals surface area (Å²) < 4.78 is 1.77. The standard InChI is InChI=1S/C28H24N4O/c1-18-9-6-13-22(17-18)27-30-26(31-32(27)25-16-7-10-19(2)20(25)3)28(33)29-24-15-8-12-21-11-4-5-14-23(21)24/h4-17H,1-3H3,(H,29,33). The number of aryl methyl sites for hydroxylation is 2. The van der Waals surface area contributed by atoms with Crippen LogP contribution in [0.25, 0.3) is 27.8 Å². The monoisotopic (exact) mass is 432 g/mol. The van der Waals surface area contributed by atoms with Crippen molar-refractivity contribution in [3.63, 3.8) is 0 Å². The Morgan fingerprint density at radius 2 is 1.61 bits per heavy atom. The van der Waals surface area contributed by atoms with E-state index in [1.807, 2.05) is 79.7 Å². The first-order valence-corrected chi connectivity index (χ1v) is 10.9. The number of aromatic nitrogens is 3. The van der Waals surface area contributed by atoms with Crippen molar-refractivity contribution in [2.24, 2.45) is 0 Å².